The van der Waals surface area contributed by atoms with E-state index in [4.69, 9.17) is 0 Å². The summed E-state index contributed by atoms with van der Waals surface area (Å²) in [5.74, 6) is 2.57. The van der Waals surface area contributed by atoms with Gasteiger partial charge in [-0.25, -0.2) is 12.7 Å². The van der Waals surface area contributed by atoms with Crippen molar-refractivity contribution in [3.05, 3.63) is 35.9 Å². The minimum atomic E-state index is -3.19. The minimum Gasteiger partial charge on any atom is -0.355 e. The quantitative estimate of drug-likeness (QED) is 0.298. The van der Waals surface area contributed by atoms with Crippen molar-refractivity contribution in [1.29, 1.82) is 0 Å². The third-order valence-corrected chi connectivity index (χ3v) is 8.23. The van der Waals surface area contributed by atoms with Crippen LogP contribution in [-0.4, -0.2) is 86.7 Å². The Morgan fingerprint density at radius 3 is 2.43 bits per heavy atom. The van der Waals surface area contributed by atoms with Crippen LogP contribution in [0.15, 0.2) is 35.3 Å². The molecule has 30 heavy (non-hydrogen) atoms. The SMILES string of the molecule is CN=C(NCCS(=O)(=O)N1CCSCC1)NC1CCN(Cc2ccccc2)CC1.I. The highest BCUT2D eigenvalue weighted by molar-refractivity contribution is 14.0. The average molecular weight is 568 g/mol. The molecule has 10 heteroatoms. The Morgan fingerprint density at radius 1 is 1.13 bits per heavy atom. The lowest BCUT2D eigenvalue weighted by Gasteiger charge is -2.33. The molecule has 2 fully saturated rings. The van der Waals surface area contributed by atoms with Crippen molar-refractivity contribution in [2.24, 2.45) is 4.99 Å². The topological polar surface area (TPSA) is 77.0 Å². The lowest BCUT2D eigenvalue weighted by molar-refractivity contribution is 0.198. The van der Waals surface area contributed by atoms with Gasteiger partial charge in [0.15, 0.2) is 5.96 Å². The van der Waals surface area contributed by atoms with E-state index in [-0.39, 0.29) is 29.7 Å². The van der Waals surface area contributed by atoms with E-state index in [2.05, 4.69) is 50.9 Å². The average Bonchev–Trinajstić information content (AvgIpc) is 2.75. The summed E-state index contributed by atoms with van der Waals surface area (Å²) in [4.78, 5) is 6.75. The summed E-state index contributed by atoms with van der Waals surface area (Å²) in [5, 5.41) is 6.63. The summed E-state index contributed by atoms with van der Waals surface area (Å²) >= 11 is 1.81. The van der Waals surface area contributed by atoms with Crippen molar-refractivity contribution in [1.82, 2.24) is 19.8 Å². The van der Waals surface area contributed by atoms with Crippen molar-refractivity contribution in [3.63, 3.8) is 0 Å². The van der Waals surface area contributed by atoms with E-state index >= 15 is 0 Å². The first kappa shape index (κ1) is 25.7. The van der Waals surface area contributed by atoms with Crippen LogP contribution in [0.3, 0.4) is 0 Å². The summed E-state index contributed by atoms with van der Waals surface area (Å²) in [6, 6.07) is 10.9. The molecule has 2 aliphatic heterocycles. The van der Waals surface area contributed by atoms with Crippen LogP contribution in [0.4, 0.5) is 0 Å². The molecule has 0 saturated carbocycles. The Labute approximate surface area is 202 Å². The van der Waals surface area contributed by atoms with E-state index in [1.165, 1.54) is 5.56 Å². The normalized spacial score (nSPS) is 19.8. The van der Waals surface area contributed by atoms with Crippen LogP contribution in [0.1, 0.15) is 18.4 Å². The molecule has 2 saturated heterocycles. The van der Waals surface area contributed by atoms with Gasteiger partial charge in [0.05, 0.1) is 5.75 Å². The number of hydrogen-bond acceptors (Lipinski definition) is 5. The summed E-state index contributed by atoms with van der Waals surface area (Å²) in [6.45, 7) is 4.71. The molecule has 0 atom stereocenters. The third-order valence-electron chi connectivity index (χ3n) is 5.42. The molecule has 1 aromatic carbocycles. The second kappa shape index (κ2) is 13.1. The molecule has 2 heterocycles. The first-order valence-electron chi connectivity index (χ1n) is 10.4. The summed E-state index contributed by atoms with van der Waals surface area (Å²) in [5.41, 5.74) is 1.35. The second-order valence-corrected chi connectivity index (χ2v) is 10.8. The first-order chi connectivity index (χ1) is 14.1. The zero-order chi connectivity index (χ0) is 20.5. The number of likely N-dealkylation sites (tertiary alicyclic amines) is 1. The van der Waals surface area contributed by atoms with Crippen LogP contribution in [-0.2, 0) is 16.6 Å². The lowest BCUT2D eigenvalue weighted by Crippen LogP contribution is -2.49. The summed E-state index contributed by atoms with van der Waals surface area (Å²) < 4.78 is 26.5. The number of hydrogen-bond donors (Lipinski definition) is 2. The number of aliphatic imine (C=N–C) groups is 1. The molecule has 1 aromatic rings. The number of piperidine rings is 1. The van der Waals surface area contributed by atoms with Gasteiger partial charge in [0.2, 0.25) is 10.0 Å². The molecule has 2 N–H and O–H groups in total. The highest BCUT2D eigenvalue weighted by atomic mass is 127. The fourth-order valence-electron chi connectivity index (χ4n) is 3.72. The number of benzene rings is 1. The van der Waals surface area contributed by atoms with E-state index in [1.807, 2.05) is 11.8 Å². The fraction of sp³-hybridized carbons (Fsp3) is 0.650. The first-order valence-corrected chi connectivity index (χ1v) is 13.1. The van der Waals surface area contributed by atoms with E-state index < -0.39 is 10.0 Å². The van der Waals surface area contributed by atoms with Gasteiger partial charge in [0, 0.05) is 63.9 Å². The van der Waals surface area contributed by atoms with E-state index in [9.17, 15) is 8.42 Å². The smallest absolute Gasteiger partial charge is 0.215 e. The van der Waals surface area contributed by atoms with Crippen molar-refractivity contribution in [2.75, 3.05) is 57.0 Å². The lowest BCUT2D eigenvalue weighted by atomic mass is 10.0. The predicted octanol–water partition coefficient (Wildman–Crippen LogP) is 1.81. The Balaban J connectivity index is 0.00000320. The van der Waals surface area contributed by atoms with Crippen molar-refractivity contribution in [3.8, 4) is 0 Å². The zero-order valence-corrected chi connectivity index (χ0v) is 21.6. The van der Waals surface area contributed by atoms with Gasteiger partial charge in [0.1, 0.15) is 0 Å². The zero-order valence-electron chi connectivity index (χ0n) is 17.6. The largest absolute Gasteiger partial charge is 0.355 e. The minimum absolute atomic E-state index is 0. The molecular weight excluding hydrogens is 533 g/mol. The van der Waals surface area contributed by atoms with Gasteiger partial charge < -0.3 is 10.6 Å². The Bertz CT molecular complexity index is 750. The van der Waals surface area contributed by atoms with Crippen LogP contribution in [0.5, 0.6) is 0 Å². The fourth-order valence-corrected chi connectivity index (χ4v) is 6.21. The molecular formula is C20H34IN5O2S2. The molecule has 0 amide bonds. The molecule has 7 nitrogen and oxygen atoms in total. The second-order valence-electron chi connectivity index (χ2n) is 7.51. The van der Waals surface area contributed by atoms with Crippen molar-refractivity contribution < 1.29 is 8.42 Å². The van der Waals surface area contributed by atoms with E-state index in [1.54, 1.807) is 11.4 Å². The van der Waals surface area contributed by atoms with Gasteiger partial charge in [-0.2, -0.15) is 11.8 Å². The molecule has 2 aliphatic rings. The van der Waals surface area contributed by atoms with Gasteiger partial charge >= 0.3 is 0 Å². The summed E-state index contributed by atoms with van der Waals surface area (Å²) in [6.07, 6.45) is 2.11. The van der Waals surface area contributed by atoms with Gasteiger partial charge in [-0.3, -0.25) is 9.89 Å². The maximum atomic E-state index is 12.4. The van der Waals surface area contributed by atoms with Crippen LogP contribution in [0, 0.1) is 0 Å². The van der Waals surface area contributed by atoms with Gasteiger partial charge in [0.25, 0.3) is 0 Å². The van der Waals surface area contributed by atoms with Gasteiger partial charge in [-0.1, -0.05) is 30.3 Å². The highest BCUT2D eigenvalue weighted by Gasteiger charge is 2.24. The number of halogens is 1. The number of rotatable bonds is 7. The molecule has 0 bridgehead atoms. The Hall–Kier alpha value is -0.560. The molecule has 170 valence electrons. The number of thioether (sulfide) groups is 1. The monoisotopic (exact) mass is 567 g/mol. The van der Waals surface area contributed by atoms with Crippen molar-refractivity contribution >= 4 is 51.7 Å². The standard InChI is InChI=1S/C20H33N5O2S2.HI/c1-21-20(22-9-16-29(26,27)25-12-14-28-15-13-25)23-19-7-10-24(11-8-19)17-18-5-3-2-4-6-18;/h2-6,19H,7-17H2,1H3,(H2,21,22,23);1H. The third kappa shape index (κ3) is 8.18. The summed E-state index contributed by atoms with van der Waals surface area (Å²) in [7, 11) is -1.46. The highest BCUT2D eigenvalue weighted by Crippen LogP contribution is 2.14. The molecule has 0 aliphatic carbocycles. The van der Waals surface area contributed by atoms with Crippen LogP contribution in [0.2, 0.25) is 0 Å². The van der Waals surface area contributed by atoms with Crippen LogP contribution < -0.4 is 10.6 Å². The van der Waals surface area contributed by atoms with Crippen molar-refractivity contribution in [2.45, 2.75) is 25.4 Å². The Kier molecular flexibility index (Phi) is 11.2. The number of nitrogens with one attached hydrogen (secondary N) is 2. The Morgan fingerprint density at radius 2 is 1.80 bits per heavy atom. The molecule has 3 rings (SSSR count). The molecule has 0 unspecified atom stereocenters. The predicted molar refractivity (Wildman–Crippen MR) is 137 cm³/mol. The molecule has 0 aromatic heterocycles. The number of guanidine groups is 1. The van der Waals surface area contributed by atoms with E-state index in [0.29, 0.717) is 31.6 Å². The van der Waals surface area contributed by atoms with Gasteiger partial charge in [-0.05, 0) is 18.4 Å². The number of nitrogens with zero attached hydrogens (tertiary/aromatic N) is 3. The number of sulfonamides is 1. The molecule has 0 spiro atoms. The maximum absolute atomic E-state index is 12.4. The van der Waals surface area contributed by atoms with Gasteiger partial charge in [-0.15, -0.1) is 24.0 Å². The van der Waals surface area contributed by atoms with E-state index in [0.717, 1.165) is 44.0 Å². The maximum Gasteiger partial charge on any atom is 0.215 e. The molecule has 0 radical (unpaired) electrons. The van der Waals surface area contributed by atoms with Crippen LogP contribution >= 0.6 is 35.7 Å². The van der Waals surface area contributed by atoms with Crippen LogP contribution in [0.25, 0.3) is 0 Å².